The molecular weight excluding hydrogens is 268 g/mol. The number of nitrogens with zero attached hydrogens (tertiary/aromatic N) is 1. The fourth-order valence-corrected chi connectivity index (χ4v) is 2.31. The summed E-state index contributed by atoms with van der Waals surface area (Å²) in [5.41, 5.74) is 2.40. The molecule has 2 N–H and O–H groups in total. The van der Waals surface area contributed by atoms with Crippen molar-refractivity contribution in [2.45, 2.75) is 19.4 Å². The van der Waals surface area contributed by atoms with Gasteiger partial charge in [-0.1, -0.05) is 15.9 Å². The van der Waals surface area contributed by atoms with E-state index in [9.17, 15) is 5.11 Å². The van der Waals surface area contributed by atoms with Crippen LogP contribution in [0.2, 0.25) is 0 Å². The zero-order chi connectivity index (χ0) is 11.5. The fourth-order valence-electron chi connectivity index (χ4n) is 1.95. The van der Waals surface area contributed by atoms with Crippen LogP contribution in [0.3, 0.4) is 0 Å². The standard InChI is InChI=1S/C12H17BrN2O/c1-9(16)4-6-15-7-5-14-11-8-10(13)2-3-12(11)15/h2-3,8-9,14,16H,4-7H2,1H3. The van der Waals surface area contributed by atoms with E-state index in [0.717, 1.165) is 30.5 Å². The van der Waals surface area contributed by atoms with Gasteiger partial charge in [-0.05, 0) is 31.5 Å². The minimum Gasteiger partial charge on any atom is -0.393 e. The van der Waals surface area contributed by atoms with E-state index in [1.165, 1.54) is 11.4 Å². The largest absolute Gasteiger partial charge is 0.393 e. The molecule has 0 radical (unpaired) electrons. The van der Waals surface area contributed by atoms with E-state index in [1.54, 1.807) is 0 Å². The van der Waals surface area contributed by atoms with Crippen LogP contribution < -0.4 is 10.2 Å². The highest BCUT2D eigenvalue weighted by Crippen LogP contribution is 2.31. The highest BCUT2D eigenvalue weighted by molar-refractivity contribution is 9.10. The van der Waals surface area contributed by atoms with E-state index in [1.807, 2.05) is 6.92 Å². The first-order valence-corrected chi connectivity index (χ1v) is 6.42. The Balaban J connectivity index is 2.13. The van der Waals surface area contributed by atoms with Crippen molar-refractivity contribution >= 4 is 27.3 Å². The average Bonchev–Trinajstić information content (AvgIpc) is 2.25. The predicted molar refractivity (Wildman–Crippen MR) is 71.1 cm³/mol. The molecular formula is C12H17BrN2O. The van der Waals surface area contributed by atoms with E-state index in [4.69, 9.17) is 0 Å². The maximum Gasteiger partial charge on any atom is 0.0603 e. The van der Waals surface area contributed by atoms with E-state index in [-0.39, 0.29) is 6.10 Å². The van der Waals surface area contributed by atoms with Crippen LogP contribution in [0.25, 0.3) is 0 Å². The number of aliphatic hydroxyl groups excluding tert-OH is 1. The van der Waals surface area contributed by atoms with Crippen LogP contribution >= 0.6 is 15.9 Å². The second kappa shape index (κ2) is 5.06. The summed E-state index contributed by atoms with van der Waals surface area (Å²) in [6, 6.07) is 6.28. The summed E-state index contributed by atoms with van der Waals surface area (Å²) in [4.78, 5) is 2.32. The van der Waals surface area contributed by atoms with Crippen molar-refractivity contribution in [3.63, 3.8) is 0 Å². The number of rotatable bonds is 3. The minimum absolute atomic E-state index is 0.228. The highest BCUT2D eigenvalue weighted by Gasteiger charge is 2.16. The number of halogens is 1. The lowest BCUT2D eigenvalue weighted by Gasteiger charge is -2.32. The number of anilines is 2. The molecule has 0 aromatic heterocycles. The first-order chi connectivity index (χ1) is 7.66. The van der Waals surface area contributed by atoms with Gasteiger partial charge >= 0.3 is 0 Å². The van der Waals surface area contributed by atoms with Crippen LogP contribution in [0.5, 0.6) is 0 Å². The zero-order valence-corrected chi connectivity index (χ0v) is 11.0. The van der Waals surface area contributed by atoms with Crippen LogP contribution in [0.15, 0.2) is 22.7 Å². The normalized spacial score (nSPS) is 16.6. The smallest absolute Gasteiger partial charge is 0.0603 e. The summed E-state index contributed by atoms with van der Waals surface area (Å²) in [6.07, 6.45) is 0.587. The first kappa shape index (κ1) is 11.7. The lowest BCUT2D eigenvalue weighted by Crippen LogP contribution is -2.35. The summed E-state index contributed by atoms with van der Waals surface area (Å²) in [7, 11) is 0. The second-order valence-corrected chi connectivity index (χ2v) is 5.13. The number of nitrogens with one attached hydrogen (secondary N) is 1. The molecule has 0 spiro atoms. The number of fused-ring (bicyclic) bond motifs is 1. The third-order valence-corrected chi connectivity index (χ3v) is 3.31. The Kier molecular flexibility index (Phi) is 3.71. The van der Waals surface area contributed by atoms with Crippen molar-refractivity contribution in [1.82, 2.24) is 0 Å². The molecule has 1 heterocycles. The Morgan fingerprint density at radius 3 is 3.12 bits per heavy atom. The van der Waals surface area contributed by atoms with Crippen molar-refractivity contribution in [3.8, 4) is 0 Å². The average molecular weight is 285 g/mol. The quantitative estimate of drug-likeness (QED) is 0.895. The van der Waals surface area contributed by atoms with Gasteiger partial charge < -0.3 is 15.3 Å². The molecule has 0 aliphatic carbocycles. The van der Waals surface area contributed by atoms with Crippen LogP contribution in [-0.2, 0) is 0 Å². The van der Waals surface area contributed by atoms with Gasteiger partial charge in [0.15, 0.2) is 0 Å². The summed E-state index contributed by atoms with van der Waals surface area (Å²) >= 11 is 3.47. The molecule has 0 bridgehead atoms. The van der Waals surface area contributed by atoms with Gasteiger partial charge in [0.05, 0.1) is 17.5 Å². The summed E-state index contributed by atoms with van der Waals surface area (Å²) in [5.74, 6) is 0. The van der Waals surface area contributed by atoms with Crippen molar-refractivity contribution in [1.29, 1.82) is 0 Å². The molecule has 0 amide bonds. The summed E-state index contributed by atoms with van der Waals surface area (Å²) in [5, 5.41) is 12.7. The van der Waals surface area contributed by atoms with Gasteiger partial charge in [-0.15, -0.1) is 0 Å². The summed E-state index contributed by atoms with van der Waals surface area (Å²) < 4.78 is 1.09. The second-order valence-electron chi connectivity index (χ2n) is 4.21. The predicted octanol–water partition coefficient (Wildman–Crippen LogP) is 2.45. The number of aliphatic hydroxyl groups is 1. The van der Waals surface area contributed by atoms with Gasteiger partial charge in [-0.25, -0.2) is 0 Å². The van der Waals surface area contributed by atoms with Crippen molar-refractivity contribution in [2.24, 2.45) is 0 Å². The third kappa shape index (κ3) is 2.68. The van der Waals surface area contributed by atoms with Crippen molar-refractivity contribution < 1.29 is 5.11 Å². The molecule has 1 atom stereocenters. The number of hydrogen-bond acceptors (Lipinski definition) is 3. The molecule has 1 aromatic rings. The fraction of sp³-hybridized carbons (Fsp3) is 0.500. The number of hydrogen-bond donors (Lipinski definition) is 2. The van der Waals surface area contributed by atoms with E-state index < -0.39 is 0 Å². The first-order valence-electron chi connectivity index (χ1n) is 5.63. The monoisotopic (exact) mass is 284 g/mol. The molecule has 1 aliphatic heterocycles. The van der Waals surface area contributed by atoms with Gasteiger partial charge in [0.1, 0.15) is 0 Å². The van der Waals surface area contributed by atoms with Gasteiger partial charge in [0.25, 0.3) is 0 Å². The van der Waals surface area contributed by atoms with E-state index in [2.05, 4.69) is 44.3 Å². The Morgan fingerprint density at radius 1 is 1.56 bits per heavy atom. The lowest BCUT2D eigenvalue weighted by molar-refractivity contribution is 0.186. The number of benzene rings is 1. The van der Waals surface area contributed by atoms with Crippen LogP contribution in [0.4, 0.5) is 11.4 Å². The molecule has 3 nitrogen and oxygen atoms in total. The zero-order valence-electron chi connectivity index (χ0n) is 9.41. The molecule has 0 saturated heterocycles. The Hall–Kier alpha value is -0.740. The molecule has 1 unspecified atom stereocenters. The Morgan fingerprint density at radius 2 is 2.38 bits per heavy atom. The molecule has 2 rings (SSSR count). The maximum absolute atomic E-state index is 9.33. The highest BCUT2D eigenvalue weighted by atomic mass is 79.9. The Bertz CT molecular complexity index is 368. The van der Waals surface area contributed by atoms with Crippen LogP contribution in [-0.4, -0.2) is 30.8 Å². The van der Waals surface area contributed by atoms with Crippen LogP contribution in [0, 0.1) is 0 Å². The van der Waals surface area contributed by atoms with Crippen molar-refractivity contribution in [2.75, 3.05) is 29.9 Å². The third-order valence-electron chi connectivity index (χ3n) is 2.81. The molecule has 1 aromatic carbocycles. The van der Waals surface area contributed by atoms with Gasteiger partial charge in [0, 0.05) is 24.1 Å². The van der Waals surface area contributed by atoms with Crippen molar-refractivity contribution in [3.05, 3.63) is 22.7 Å². The lowest BCUT2D eigenvalue weighted by atomic mass is 10.1. The maximum atomic E-state index is 9.33. The van der Waals surface area contributed by atoms with Gasteiger partial charge in [0.2, 0.25) is 0 Å². The van der Waals surface area contributed by atoms with Gasteiger partial charge in [-0.2, -0.15) is 0 Å². The van der Waals surface area contributed by atoms with Gasteiger partial charge in [-0.3, -0.25) is 0 Å². The Labute approximate surface area is 105 Å². The molecule has 4 heteroatoms. The van der Waals surface area contributed by atoms with E-state index in [0.29, 0.717) is 0 Å². The summed E-state index contributed by atoms with van der Waals surface area (Å²) in [6.45, 7) is 4.71. The SMILES string of the molecule is CC(O)CCN1CCNc2cc(Br)ccc21. The molecule has 1 aliphatic rings. The minimum atomic E-state index is -0.228. The van der Waals surface area contributed by atoms with E-state index >= 15 is 0 Å². The topological polar surface area (TPSA) is 35.5 Å². The molecule has 16 heavy (non-hydrogen) atoms. The molecule has 88 valence electrons. The molecule has 0 saturated carbocycles. The molecule has 0 fully saturated rings. The van der Waals surface area contributed by atoms with Crippen LogP contribution in [0.1, 0.15) is 13.3 Å².